The molecule has 1 aliphatic heterocycles. The summed E-state index contributed by atoms with van der Waals surface area (Å²) in [6.45, 7) is 6.99. The highest BCUT2D eigenvalue weighted by Crippen LogP contribution is 2.22. The van der Waals surface area contributed by atoms with E-state index in [2.05, 4.69) is 26.9 Å². The Labute approximate surface area is 159 Å². The molecule has 0 atom stereocenters. The van der Waals surface area contributed by atoms with Gasteiger partial charge >= 0.3 is 6.03 Å². The Bertz CT molecular complexity index is 965. The third-order valence-electron chi connectivity index (χ3n) is 5.09. The van der Waals surface area contributed by atoms with Crippen molar-refractivity contribution in [1.29, 1.82) is 0 Å². The minimum atomic E-state index is -0.0374. The number of anilines is 2. The van der Waals surface area contributed by atoms with Gasteiger partial charge in [-0.1, -0.05) is 18.2 Å². The smallest absolute Gasteiger partial charge is 0.321 e. The van der Waals surface area contributed by atoms with Crippen LogP contribution in [0.1, 0.15) is 11.1 Å². The minimum absolute atomic E-state index is 0.0374. The summed E-state index contributed by atoms with van der Waals surface area (Å²) in [6.07, 6.45) is 0. The van der Waals surface area contributed by atoms with E-state index in [9.17, 15) is 4.79 Å². The van der Waals surface area contributed by atoms with Gasteiger partial charge in [0.15, 0.2) is 0 Å². The van der Waals surface area contributed by atoms with E-state index in [1.165, 1.54) is 0 Å². The van der Waals surface area contributed by atoms with Crippen LogP contribution in [0.3, 0.4) is 0 Å². The number of piperazine rings is 1. The Balaban J connectivity index is 1.42. The second-order valence-corrected chi connectivity index (χ2v) is 7.24. The van der Waals surface area contributed by atoms with Gasteiger partial charge in [0.25, 0.3) is 0 Å². The van der Waals surface area contributed by atoms with Gasteiger partial charge in [-0.3, -0.25) is 0 Å². The quantitative estimate of drug-likeness (QED) is 0.758. The van der Waals surface area contributed by atoms with Crippen LogP contribution in [0.15, 0.2) is 42.5 Å². The van der Waals surface area contributed by atoms with Crippen molar-refractivity contribution in [1.82, 2.24) is 14.5 Å². The van der Waals surface area contributed by atoms with Gasteiger partial charge in [0.05, 0.1) is 11.0 Å². The second kappa shape index (κ2) is 6.95. The van der Waals surface area contributed by atoms with E-state index >= 15 is 0 Å². The average Bonchev–Trinajstić information content (AvgIpc) is 2.98. The molecule has 1 saturated heterocycles. The number of hydrogen-bond donors (Lipinski definition) is 1. The molecule has 2 amide bonds. The highest BCUT2D eigenvalue weighted by atomic mass is 16.2. The van der Waals surface area contributed by atoms with Crippen LogP contribution < -0.4 is 10.2 Å². The monoisotopic (exact) mass is 363 g/mol. The number of rotatable bonds is 2. The number of amides is 2. The molecule has 6 nitrogen and oxygen atoms in total. The molecular formula is C21H25N5O. The summed E-state index contributed by atoms with van der Waals surface area (Å²) in [5.74, 6) is 0.963. The van der Waals surface area contributed by atoms with Crippen molar-refractivity contribution < 1.29 is 4.79 Å². The van der Waals surface area contributed by atoms with Gasteiger partial charge in [0.1, 0.15) is 0 Å². The predicted octanol–water partition coefficient (Wildman–Crippen LogP) is 3.54. The summed E-state index contributed by atoms with van der Waals surface area (Å²) in [7, 11) is 2.05. The number of para-hydroxylation sites is 2. The van der Waals surface area contributed by atoms with Crippen LogP contribution >= 0.6 is 0 Å². The fourth-order valence-corrected chi connectivity index (χ4v) is 3.77. The summed E-state index contributed by atoms with van der Waals surface area (Å²) in [6, 6.07) is 14.2. The Hall–Kier alpha value is -3.02. The SMILES string of the molecule is Cc1cc(C)cc(NC(=O)N2CCN(c3nc4ccccc4n3C)CC2)c1. The Kier molecular flexibility index (Phi) is 4.48. The van der Waals surface area contributed by atoms with Gasteiger partial charge in [-0.05, 0) is 49.2 Å². The molecule has 0 bridgehead atoms. The highest BCUT2D eigenvalue weighted by Gasteiger charge is 2.24. The van der Waals surface area contributed by atoms with E-state index in [4.69, 9.17) is 4.98 Å². The van der Waals surface area contributed by atoms with Crippen molar-refractivity contribution in [3.63, 3.8) is 0 Å². The maximum Gasteiger partial charge on any atom is 0.321 e. The molecular weight excluding hydrogens is 338 g/mol. The number of fused-ring (bicyclic) bond motifs is 1. The maximum atomic E-state index is 12.6. The number of urea groups is 1. The lowest BCUT2D eigenvalue weighted by atomic mass is 10.1. The van der Waals surface area contributed by atoms with Crippen LogP contribution in [0.4, 0.5) is 16.4 Å². The van der Waals surface area contributed by atoms with E-state index < -0.39 is 0 Å². The molecule has 0 saturated carbocycles. The Morgan fingerprint density at radius 2 is 1.67 bits per heavy atom. The summed E-state index contributed by atoms with van der Waals surface area (Å²) in [4.78, 5) is 21.5. The number of imidazole rings is 1. The summed E-state index contributed by atoms with van der Waals surface area (Å²) < 4.78 is 2.13. The molecule has 1 fully saturated rings. The van der Waals surface area contributed by atoms with Gasteiger partial charge in [-0.15, -0.1) is 0 Å². The first-order valence-corrected chi connectivity index (χ1v) is 9.32. The largest absolute Gasteiger partial charge is 0.339 e. The van der Waals surface area contributed by atoms with Crippen molar-refractivity contribution in [2.75, 3.05) is 36.4 Å². The lowest BCUT2D eigenvalue weighted by Crippen LogP contribution is -2.50. The number of nitrogens with one attached hydrogen (secondary N) is 1. The van der Waals surface area contributed by atoms with Crippen LogP contribution in [0.25, 0.3) is 11.0 Å². The molecule has 1 aromatic heterocycles. The van der Waals surface area contributed by atoms with Crippen molar-refractivity contribution in [3.8, 4) is 0 Å². The average molecular weight is 363 g/mol. The number of carbonyl (C=O) groups is 1. The number of carbonyl (C=O) groups excluding carboxylic acids is 1. The number of benzene rings is 2. The van der Waals surface area contributed by atoms with Crippen molar-refractivity contribution in [2.45, 2.75) is 13.8 Å². The molecule has 27 heavy (non-hydrogen) atoms. The van der Waals surface area contributed by atoms with Crippen LogP contribution in [-0.4, -0.2) is 46.7 Å². The first kappa shape index (κ1) is 17.4. The number of aromatic nitrogens is 2. The molecule has 0 unspecified atom stereocenters. The Morgan fingerprint density at radius 3 is 2.33 bits per heavy atom. The normalized spacial score (nSPS) is 14.6. The molecule has 1 N–H and O–H groups in total. The van der Waals surface area contributed by atoms with Gasteiger partial charge in [0, 0.05) is 38.9 Å². The second-order valence-electron chi connectivity index (χ2n) is 7.24. The molecule has 0 radical (unpaired) electrons. The predicted molar refractivity (Wildman–Crippen MR) is 109 cm³/mol. The van der Waals surface area contributed by atoms with Crippen LogP contribution in [0.5, 0.6) is 0 Å². The van der Waals surface area contributed by atoms with E-state index in [-0.39, 0.29) is 6.03 Å². The molecule has 3 aromatic rings. The lowest BCUT2D eigenvalue weighted by Gasteiger charge is -2.35. The zero-order valence-corrected chi connectivity index (χ0v) is 16.1. The first-order valence-electron chi connectivity index (χ1n) is 9.32. The van der Waals surface area contributed by atoms with Crippen molar-refractivity contribution in [2.24, 2.45) is 7.05 Å². The van der Waals surface area contributed by atoms with Gasteiger partial charge < -0.3 is 19.7 Å². The zero-order valence-electron chi connectivity index (χ0n) is 16.1. The lowest BCUT2D eigenvalue weighted by molar-refractivity contribution is 0.208. The molecule has 6 heteroatoms. The van der Waals surface area contributed by atoms with Crippen LogP contribution in [0, 0.1) is 13.8 Å². The van der Waals surface area contributed by atoms with Crippen LogP contribution in [-0.2, 0) is 7.05 Å². The van der Waals surface area contributed by atoms with E-state index in [0.717, 1.165) is 46.9 Å². The molecule has 2 heterocycles. The molecule has 140 valence electrons. The zero-order chi connectivity index (χ0) is 19.0. The van der Waals surface area contributed by atoms with Gasteiger partial charge in [0.2, 0.25) is 5.95 Å². The topological polar surface area (TPSA) is 53.4 Å². The Morgan fingerprint density at radius 1 is 1.00 bits per heavy atom. The molecule has 1 aliphatic rings. The first-order chi connectivity index (χ1) is 13.0. The minimum Gasteiger partial charge on any atom is -0.339 e. The fourth-order valence-electron chi connectivity index (χ4n) is 3.77. The number of hydrogen-bond acceptors (Lipinski definition) is 3. The fraction of sp³-hybridized carbons (Fsp3) is 0.333. The standard InChI is InChI=1S/C21H25N5O/c1-15-12-16(2)14-17(13-15)22-21(27)26-10-8-25(9-11-26)20-23-18-6-4-5-7-19(18)24(20)3/h4-7,12-14H,8-11H2,1-3H3,(H,22,27). The number of aryl methyl sites for hydroxylation is 3. The maximum absolute atomic E-state index is 12.6. The molecule has 0 spiro atoms. The van der Waals surface area contributed by atoms with Gasteiger partial charge in [-0.2, -0.15) is 0 Å². The van der Waals surface area contributed by atoms with E-state index in [1.54, 1.807) is 0 Å². The van der Waals surface area contributed by atoms with Gasteiger partial charge in [-0.25, -0.2) is 9.78 Å². The molecule has 0 aliphatic carbocycles. The van der Waals surface area contributed by atoms with Crippen LogP contribution in [0.2, 0.25) is 0 Å². The van der Waals surface area contributed by atoms with Crippen molar-refractivity contribution >= 4 is 28.7 Å². The summed E-state index contributed by atoms with van der Waals surface area (Å²) in [5.41, 5.74) is 5.29. The number of nitrogens with zero attached hydrogens (tertiary/aromatic N) is 4. The highest BCUT2D eigenvalue weighted by molar-refractivity contribution is 5.89. The van der Waals surface area contributed by atoms with E-state index in [0.29, 0.717) is 13.1 Å². The van der Waals surface area contributed by atoms with E-state index in [1.807, 2.05) is 56.1 Å². The molecule has 2 aromatic carbocycles. The third kappa shape index (κ3) is 3.47. The molecule has 4 rings (SSSR count). The third-order valence-corrected chi connectivity index (χ3v) is 5.09. The summed E-state index contributed by atoms with van der Waals surface area (Å²) >= 11 is 0. The summed E-state index contributed by atoms with van der Waals surface area (Å²) in [5, 5.41) is 3.03. The van der Waals surface area contributed by atoms with Crippen molar-refractivity contribution in [3.05, 3.63) is 53.6 Å².